The fourth-order valence-corrected chi connectivity index (χ4v) is 1.39. The molecule has 1 aromatic carbocycles. The summed E-state index contributed by atoms with van der Waals surface area (Å²) in [5, 5.41) is 20.1. The summed E-state index contributed by atoms with van der Waals surface area (Å²) in [6, 6.07) is 1.48. The molecule has 6 heteroatoms. The van der Waals surface area contributed by atoms with Crippen LogP contribution in [0.5, 0.6) is 0 Å². The van der Waals surface area contributed by atoms with Crippen molar-refractivity contribution in [2.24, 2.45) is 0 Å². The molecule has 94 valence electrons. The van der Waals surface area contributed by atoms with Crippen molar-refractivity contribution in [1.82, 2.24) is 5.32 Å². The number of nitrogens with one attached hydrogen (secondary N) is 1. The highest BCUT2D eigenvalue weighted by Gasteiger charge is 2.22. The largest absolute Gasteiger partial charge is 0.480 e. The first-order valence-electron chi connectivity index (χ1n) is 5.08. The molecule has 0 aliphatic heterocycles. The van der Waals surface area contributed by atoms with E-state index in [1.54, 1.807) is 0 Å². The summed E-state index contributed by atoms with van der Waals surface area (Å²) in [6.45, 7) is 0.134. The van der Waals surface area contributed by atoms with Crippen LogP contribution in [0.1, 0.15) is 18.0 Å². The van der Waals surface area contributed by atoms with Crippen molar-refractivity contribution in [3.8, 4) is 0 Å². The molecular weight excluding hydrogens is 232 g/mol. The molecule has 4 nitrogen and oxygen atoms in total. The number of carboxylic acids is 1. The van der Waals surface area contributed by atoms with Crippen LogP contribution in [-0.4, -0.2) is 29.3 Å². The molecule has 0 aromatic heterocycles. The predicted octanol–water partition coefficient (Wildman–Crippen LogP) is 1.06. The summed E-state index contributed by atoms with van der Waals surface area (Å²) >= 11 is 0. The van der Waals surface area contributed by atoms with Crippen LogP contribution in [0.2, 0.25) is 0 Å². The first kappa shape index (κ1) is 13.5. The third kappa shape index (κ3) is 3.76. The van der Waals surface area contributed by atoms with E-state index in [0.29, 0.717) is 12.5 Å². The molecule has 0 spiro atoms. The second-order valence-electron chi connectivity index (χ2n) is 3.47. The molecule has 0 aliphatic rings. The van der Waals surface area contributed by atoms with Crippen molar-refractivity contribution >= 4 is 5.97 Å². The highest BCUT2D eigenvalue weighted by Crippen LogP contribution is 2.18. The van der Waals surface area contributed by atoms with Crippen LogP contribution >= 0.6 is 0 Å². The van der Waals surface area contributed by atoms with Gasteiger partial charge in [-0.2, -0.15) is 0 Å². The van der Waals surface area contributed by atoms with E-state index >= 15 is 0 Å². The van der Waals surface area contributed by atoms with Crippen LogP contribution < -0.4 is 5.32 Å². The van der Waals surface area contributed by atoms with Crippen LogP contribution in [0.4, 0.5) is 8.78 Å². The maximum Gasteiger partial charge on any atom is 0.325 e. The van der Waals surface area contributed by atoms with Crippen LogP contribution in [0.3, 0.4) is 0 Å². The van der Waals surface area contributed by atoms with Gasteiger partial charge in [0.2, 0.25) is 0 Å². The zero-order chi connectivity index (χ0) is 12.8. The summed E-state index contributed by atoms with van der Waals surface area (Å²) in [5.41, 5.74) is -0.128. The number of halogens is 2. The lowest BCUT2D eigenvalue weighted by Gasteiger charge is -2.15. The lowest BCUT2D eigenvalue weighted by Crippen LogP contribution is -2.30. The smallest absolute Gasteiger partial charge is 0.325 e. The Morgan fingerprint density at radius 3 is 2.65 bits per heavy atom. The first-order chi connectivity index (χ1) is 8.06. The zero-order valence-corrected chi connectivity index (χ0v) is 8.99. The number of carbonyl (C=O) groups is 1. The van der Waals surface area contributed by atoms with E-state index in [9.17, 15) is 13.6 Å². The van der Waals surface area contributed by atoms with Crippen molar-refractivity contribution in [2.45, 2.75) is 12.5 Å². The molecule has 0 radical (unpaired) electrons. The molecule has 3 N–H and O–H groups in total. The quantitative estimate of drug-likeness (QED) is 0.655. The second kappa shape index (κ2) is 6.27. The van der Waals surface area contributed by atoms with Gasteiger partial charge in [0, 0.05) is 18.2 Å². The van der Waals surface area contributed by atoms with Gasteiger partial charge in [-0.1, -0.05) is 6.07 Å². The normalized spacial score (nSPS) is 12.4. The van der Waals surface area contributed by atoms with E-state index in [4.69, 9.17) is 10.2 Å². The van der Waals surface area contributed by atoms with Gasteiger partial charge in [-0.05, 0) is 19.0 Å². The van der Waals surface area contributed by atoms with E-state index in [1.807, 2.05) is 0 Å². The third-order valence-corrected chi connectivity index (χ3v) is 2.20. The molecule has 0 aliphatic carbocycles. The van der Waals surface area contributed by atoms with E-state index in [0.717, 1.165) is 12.1 Å². The molecule has 0 saturated carbocycles. The van der Waals surface area contributed by atoms with Crippen LogP contribution in [0.25, 0.3) is 0 Å². The Hall–Kier alpha value is -1.53. The summed E-state index contributed by atoms with van der Waals surface area (Å²) < 4.78 is 26.1. The SMILES string of the molecule is O=C(O)C(NCCCO)c1ccc(F)cc1F. The van der Waals surface area contributed by atoms with E-state index in [2.05, 4.69) is 5.32 Å². The summed E-state index contributed by atoms with van der Waals surface area (Å²) in [4.78, 5) is 10.9. The van der Waals surface area contributed by atoms with Crippen molar-refractivity contribution in [1.29, 1.82) is 0 Å². The Kier molecular flexibility index (Phi) is 4.99. The van der Waals surface area contributed by atoms with Crippen molar-refractivity contribution in [3.05, 3.63) is 35.4 Å². The standard InChI is InChI=1S/C11H13F2NO3/c12-7-2-3-8(9(13)6-7)10(11(16)17)14-4-1-5-15/h2-3,6,10,14-15H,1,4-5H2,(H,16,17). The second-order valence-corrected chi connectivity index (χ2v) is 3.47. The molecule has 1 atom stereocenters. The van der Waals surface area contributed by atoms with Gasteiger partial charge in [0.15, 0.2) is 0 Å². The average Bonchev–Trinajstić information content (AvgIpc) is 2.25. The van der Waals surface area contributed by atoms with Crippen LogP contribution in [0, 0.1) is 11.6 Å². The van der Waals surface area contributed by atoms with Crippen LogP contribution in [-0.2, 0) is 4.79 Å². The van der Waals surface area contributed by atoms with Gasteiger partial charge in [-0.3, -0.25) is 4.79 Å². The van der Waals surface area contributed by atoms with Crippen molar-refractivity contribution in [3.63, 3.8) is 0 Å². The number of aliphatic carboxylic acids is 1. The fraction of sp³-hybridized carbons (Fsp3) is 0.364. The van der Waals surface area contributed by atoms with Crippen LogP contribution in [0.15, 0.2) is 18.2 Å². The number of benzene rings is 1. The van der Waals surface area contributed by atoms with Gasteiger partial charge >= 0.3 is 5.97 Å². The van der Waals surface area contributed by atoms with E-state index < -0.39 is 23.6 Å². The maximum atomic E-state index is 13.4. The average molecular weight is 245 g/mol. The van der Waals surface area contributed by atoms with Gasteiger partial charge in [-0.15, -0.1) is 0 Å². The van der Waals surface area contributed by atoms with E-state index in [-0.39, 0.29) is 18.7 Å². The van der Waals surface area contributed by atoms with Crippen molar-refractivity contribution < 1.29 is 23.8 Å². The molecule has 17 heavy (non-hydrogen) atoms. The highest BCUT2D eigenvalue weighted by atomic mass is 19.1. The molecule has 1 unspecified atom stereocenters. The summed E-state index contributed by atoms with van der Waals surface area (Å²) in [5.74, 6) is -2.92. The lowest BCUT2D eigenvalue weighted by atomic mass is 10.1. The minimum absolute atomic E-state index is 0.0920. The molecule has 1 rings (SSSR count). The summed E-state index contributed by atoms with van der Waals surface area (Å²) in [7, 11) is 0. The highest BCUT2D eigenvalue weighted by molar-refractivity contribution is 5.75. The molecule has 0 heterocycles. The molecule has 0 amide bonds. The Balaban J connectivity index is 2.86. The maximum absolute atomic E-state index is 13.4. The third-order valence-electron chi connectivity index (χ3n) is 2.20. The van der Waals surface area contributed by atoms with Gasteiger partial charge in [-0.25, -0.2) is 8.78 Å². The van der Waals surface area contributed by atoms with Gasteiger partial charge in [0.25, 0.3) is 0 Å². The topological polar surface area (TPSA) is 69.6 Å². The first-order valence-corrected chi connectivity index (χ1v) is 5.08. The lowest BCUT2D eigenvalue weighted by molar-refractivity contribution is -0.139. The number of rotatable bonds is 6. The molecule has 0 bridgehead atoms. The Morgan fingerprint density at radius 2 is 2.12 bits per heavy atom. The number of aliphatic hydroxyl groups is 1. The summed E-state index contributed by atoms with van der Waals surface area (Å²) in [6.07, 6.45) is 0.354. The Labute approximate surface area is 96.9 Å². The number of hydrogen-bond acceptors (Lipinski definition) is 3. The zero-order valence-electron chi connectivity index (χ0n) is 8.99. The minimum atomic E-state index is -1.26. The number of aliphatic hydroxyl groups excluding tert-OH is 1. The molecular formula is C11H13F2NO3. The van der Waals surface area contributed by atoms with Gasteiger partial charge in [0.1, 0.15) is 17.7 Å². The van der Waals surface area contributed by atoms with Crippen molar-refractivity contribution in [2.75, 3.05) is 13.2 Å². The minimum Gasteiger partial charge on any atom is -0.480 e. The fourth-order valence-electron chi connectivity index (χ4n) is 1.39. The molecule has 0 fully saturated rings. The van der Waals surface area contributed by atoms with Gasteiger partial charge < -0.3 is 15.5 Å². The monoisotopic (exact) mass is 245 g/mol. The molecule has 1 aromatic rings. The van der Waals surface area contributed by atoms with E-state index in [1.165, 1.54) is 0 Å². The van der Waals surface area contributed by atoms with Gasteiger partial charge in [0.05, 0.1) is 0 Å². The Morgan fingerprint density at radius 1 is 1.41 bits per heavy atom. The molecule has 0 saturated heterocycles. The number of carboxylic acid groups (broad SMARTS) is 1. The Bertz CT molecular complexity index is 398. The predicted molar refractivity (Wildman–Crippen MR) is 56.4 cm³/mol. The number of hydrogen-bond donors (Lipinski definition) is 3.